The van der Waals surface area contributed by atoms with Crippen molar-refractivity contribution in [2.45, 2.75) is 63.8 Å². The number of carbonyl (C=O) groups excluding carboxylic acids is 2. The quantitative estimate of drug-likeness (QED) is 0.204. The van der Waals surface area contributed by atoms with Crippen LogP contribution in [0.15, 0.2) is 53.4 Å². The molecule has 0 radical (unpaired) electrons. The fraction of sp³-hybridized carbons (Fsp3) is 0.400. The van der Waals surface area contributed by atoms with Gasteiger partial charge in [-0.05, 0) is 84.3 Å². The van der Waals surface area contributed by atoms with Gasteiger partial charge in [-0.15, -0.1) is 23.1 Å². The van der Waals surface area contributed by atoms with Crippen molar-refractivity contribution in [2.75, 3.05) is 13.7 Å². The summed E-state index contributed by atoms with van der Waals surface area (Å²) < 4.78 is 43.7. The van der Waals surface area contributed by atoms with Gasteiger partial charge in [0.05, 0.1) is 24.0 Å². The lowest BCUT2D eigenvalue weighted by Crippen LogP contribution is -2.25. The molecular weight excluding hydrogens is 543 g/mol. The van der Waals surface area contributed by atoms with E-state index < -0.39 is 11.7 Å². The molecule has 3 rings (SSSR count). The van der Waals surface area contributed by atoms with Crippen LogP contribution in [0.2, 0.25) is 0 Å². The fourth-order valence-corrected chi connectivity index (χ4v) is 7.10. The predicted octanol–water partition coefficient (Wildman–Crippen LogP) is 8.61. The van der Waals surface area contributed by atoms with E-state index >= 15 is 0 Å². The third-order valence-corrected chi connectivity index (χ3v) is 8.65. The van der Waals surface area contributed by atoms with Crippen molar-refractivity contribution in [3.05, 3.63) is 75.0 Å². The number of hydrogen-bond acceptors (Lipinski definition) is 5. The number of rotatable bonds is 9. The Labute approximate surface area is 236 Å². The van der Waals surface area contributed by atoms with Crippen LogP contribution < -0.4 is 5.32 Å². The Hall–Kier alpha value is -2.78. The standard InChI is InChI=1S/C30H34F3NO3S2/c1-18-15-22(16-19(2)27(18)20-7-9-21(10-8-20)30(31,32)33)38-25(17-29(3,4)5)23-11-12-24(39-23)28(36)34-14-13-26(35)37-6/h7-12,15-16,25H,13-14,17H2,1-6H3,(H,34,36)/t25-/m1/s1. The van der Waals surface area contributed by atoms with Crippen LogP contribution >= 0.6 is 23.1 Å². The Balaban J connectivity index is 1.83. The first-order chi connectivity index (χ1) is 18.2. The second kappa shape index (κ2) is 12.6. The highest BCUT2D eigenvalue weighted by Crippen LogP contribution is 2.46. The summed E-state index contributed by atoms with van der Waals surface area (Å²) in [5, 5.41) is 2.86. The van der Waals surface area contributed by atoms with Crippen molar-refractivity contribution in [3.8, 4) is 11.1 Å². The van der Waals surface area contributed by atoms with Crippen molar-refractivity contribution in [1.82, 2.24) is 5.32 Å². The van der Waals surface area contributed by atoms with Crippen LogP contribution in [-0.2, 0) is 15.7 Å². The zero-order chi connectivity index (χ0) is 29.0. The number of thioether (sulfide) groups is 1. The van der Waals surface area contributed by atoms with Crippen molar-refractivity contribution < 1.29 is 27.5 Å². The molecule has 3 aromatic rings. The zero-order valence-electron chi connectivity index (χ0n) is 23.0. The van der Waals surface area contributed by atoms with Gasteiger partial charge in [-0.25, -0.2) is 0 Å². The van der Waals surface area contributed by atoms with E-state index in [9.17, 15) is 22.8 Å². The Kier molecular flexibility index (Phi) is 9.93. The average molecular weight is 578 g/mol. The van der Waals surface area contributed by atoms with Crippen molar-refractivity contribution >= 4 is 35.0 Å². The summed E-state index contributed by atoms with van der Waals surface area (Å²) in [4.78, 5) is 26.6. The van der Waals surface area contributed by atoms with E-state index in [0.717, 1.165) is 50.6 Å². The molecule has 1 heterocycles. The SMILES string of the molecule is COC(=O)CCNC(=O)c1ccc([C@@H](CC(C)(C)C)Sc2cc(C)c(-c3ccc(C(F)(F)F)cc3)c(C)c2)s1. The summed E-state index contributed by atoms with van der Waals surface area (Å²) in [6.45, 7) is 10.7. The van der Waals surface area contributed by atoms with Gasteiger partial charge >= 0.3 is 12.1 Å². The number of carbonyl (C=O) groups is 2. The molecule has 1 N–H and O–H groups in total. The number of halogens is 3. The molecule has 0 bridgehead atoms. The number of benzene rings is 2. The fourth-order valence-electron chi connectivity index (χ4n) is 4.31. The molecule has 0 unspecified atom stereocenters. The van der Waals surface area contributed by atoms with E-state index in [4.69, 9.17) is 0 Å². The maximum Gasteiger partial charge on any atom is 0.416 e. The molecule has 0 spiro atoms. The lowest BCUT2D eigenvalue weighted by molar-refractivity contribution is -0.140. The lowest BCUT2D eigenvalue weighted by atomic mass is 9.90. The molecule has 0 aliphatic rings. The van der Waals surface area contributed by atoms with E-state index in [-0.39, 0.29) is 35.5 Å². The Morgan fingerprint density at radius 2 is 1.62 bits per heavy atom. The van der Waals surface area contributed by atoms with Gasteiger partial charge in [0.2, 0.25) is 0 Å². The van der Waals surface area contributed by atoms with E-state index in [2.05, 4.69) is 43.0 Å². The Morgan fingerprint density at radius 1 is 1.00 bits per heavy atom. The highest BCUT2D eigenvalue weighted by atomic mass is 32.2. The molecule has 39 heavy (non-hydrogen) atoms. The first kappa shape index (κ1) is 30.8. The average Bonchev–Trinajstić information content (AvgIpc) is 3.32. The zero-order valence-corrected chi connectivity index (χ0v) is 24.6. The monoisotopic (exact) mass is 577 g/mol. The summed E-state index contributed by atoms with van der Waals surface area (Å²) in [5.74, 6) is -0.596. The van der Waals surface area contributed by atoms with Crippen LogP contribution in [-0.4, -0.2) is 25.5 Å². The molecule has 0 saturated carbocycles. The van der Waals surface area contributed by atoms with Crippen molar-refractivity contribution in [2.24, 2.45) is 5.41 Å². The van der Waals surface area contributed by atoms with Gasteiger partial charge in [0.25, 0.3) is 5.91 Å². The third kappa shape index (κ3) is 8.60. The minimum Gasteiger partial charge on any atom is -0.469 e. The van der Waals surface area contributed by atoms with Crippen LogP contribution in [0.5, 0.6) is 0 Å². The summed E-state index contributed by atoms with van der Waals surface area (Å²) in [6.07, 6.45) is -3.37. The minimum atomic E-state index is -4.36. The van der Waals surface area contributed by atoms with E-state index in [0.29, 0.717) is 4.88 Å². The van der Waals surface area contributed by atoms with E-state index in [1.165, 1.54) is 30.6 Å². The summed E-state index contributed by atoms with van der Waals surface area (Å²) >= 11 is 3.17. The molecule has 1 atom stereocenters. The molecule has 1 amide bonds. The van der Waals surface area contributed by atoms with Gasteiger partial charge in [0, 0.05) is 21.6 Å². The molecule has 1 aromatic heterocycles. The Bertz CT molecular complexity index is 1290. The number of thiophene rings is 1. The molecule has 9 heteroatoms. The van der Waals surface area contributed by atoms with Gasteiger partial charge in [0.1, 0.15) is 0 Å². The third-order valence-electron chi connectivity index (χ3n) is 6.09. The number of alkyl halides is 3. The van der Waals surface area contributed by atoms with Crippen molar-refractivity contribution in [3.63, 3.8) is 0 Å². The maximum absolute atomic E-state index is 13.0. The van der Waals surface area contributed by atoms with E-state index in [1.807, 2.05) is 26.0 Å². The summed E-state index contributed by atoms with van der Waals surface area (Å²) in [5.41, 5.74) is 3.04. The first-order valence-corrected chi connectivity index (χ1v) is 14.3. The molecule has 2 aromatic carbocycles. The maximum atomic E-state index is 13.0. The highest BCUT2D eigenvalue weighted by Gasteiger charge is 2.30. The molecule has 0 aliphatic carbocycles. The van der Waals surface area contributed by atoms with Crippen LogP contribution in [0.1, 0.15) is 70.1 Å². The highest BCUT2D eigenvalue weighted by molar-refractivity contribution is 7.99. The second-order valence-corrected chi connectivity index (χ2v) is 13.1. The summed E-state index contributed by atoms with van der Waals surface area (Å²) in [7, 11) is 1.31. The Morgan fingerprint density at radius 3 is 2.15 bits per heavy atom. The topological polar surface area (TPSA) is 55.4 Å². The number of esters is 1. The summed E-state index contributed by atoms with van der Waals surface area (Å²) in [6, 6.07) is 13.2. The normalized spacial score (nSPS) is 12.7. The van der Waals surface area contributed by atoms with Crippen LogP contribution in [0.4, 0.5) is 13.2 Å². The smallest absolute Gasteiger partial charge is 0.416 e. The first-order valence-electron chi connectivity index (χ1n) is 12.6. The number of methoxy groups -OCH3 is 1. The number of nitrogens with one attached hydrogen (secondary N) is 1. The largest absolute Gasteiger partial charge is 0.469 e. The lowest BCUT2D eigenvalue weighted by Gasteiger charge is -2.25. The number of ether oxygens (including phenoxy) is 1. The molecule has 0 aliphatic heterocycles. The predicted molar refractivity (Wildman–Crippen MR) is 152 cm³/mol. The molecular formula is C30H34F3NO3S2. The molecule has 210 valence electrons. The van der Waals surface area contributed by atoms with Crippen molar-refractivity contribution in [1.29, 1.82) is 0 Å². The van der Waals surface area contributed by atoms with Crippen LogP contribution in [0.25, 0.3) is 11.1 Å². The van der Waals surface area contributed by atoms with Crippen LogP contribution in [0.3, 0.4) is 0 Å². The molecule has 0 fully saturated rings. The van der Waals surface area contributed by atoms with Gasteiger partial charge in [-0.2, -0.15) is 13.2 Å². The number of aryl methyl sites for hydroxylation is 2. The molecule has 4 nitrogen and oxygen atoms in total. The second-order valence-electron chi connectivity index (χ2n) is 10.7. The van der Waals surface area contributed by atoms with Gasteiger partial charge in [0.15, 0.2) is 0 Å². The molecule has 0 saturated heterocycles. The van der Waals surface area contributed by atoms with Gasteiger partial charge in [-0.3, -0.25) is 9.59 Å². The van der Waals surface area contributed by atoms with Gasteiger partial charge in [-0.1, -0.05) is 32.9 Å². The minimum absolute atomic E-state index is 0.0366. The van der Waals surface area contributed by atoms with Crippen LogP contribution in [0, 0.1) is 19.3 Å². The van der Waals surface area contributed by atoms with Gasteiger partial charge < -0.3 is 10.1 Å². The number of amides is 1. The number of hydrogen-bond donors (Lipinski definition) is 1. The van der Waals surface area contributed by atoms with E-state index in [1.54, 1.807) is 11.8 Å².